The van der Waals surface area contributed by atoms with Crippen LogP contribution in [0.1, 0.15) is 18.9 Å². The molecule has 1 saturated heterocycles. The van der Waals surface area contributed by atoms with Gasteiger partial charge in [0.1, 0.15) is 0 Å². The molecular formula is C13H19FN2O. The van der Waals surface area contributed by atoms with E-state index in [4.69, 9.17) is 4.74 Å². The first kappa shape index (κ1) is 12.3. The Hall–Kier alpha value is -1.13. The van der Waals surface area contributed by atoms with Crippen molar-refractivity contribution in [2.75, 3.05) is 19.7 Å². The molecule has 1 atom stereocenters. The summed E-state index contributed by atoms with van der Waals surface area (Å²) < 4.78 is 18.7. The monoisotopic (exact) mass is 238 g/mol. The molecule has 1 aromatic rings. The first-order valence-corrected chi connectivity index (χ1v) is 6.15. The molecule has 2 rings (SSSR count). The van der Waals surface area contributed by atoms with Crippen LogP contribution in [0.4, 0.5) is 4.39 Å². The highest BCUT2D eigenvalue weighted by molar-refractivity contribution is 5.29. The van der Waals surface area contributed by atoms with Crippen molar-refractivity contribution < 1.29 is 9.13 Å². The van der Waals surface area contributed by atoms with Gasteiger partial charge in [0.2, 0.25) is 0 Å². The van der Waals surface area contributed by atoms with Gasteiger partial charge < -0.3 is 15.4 Å². The molecule has 0 spiro atoms. The number of ether oxygens (including phenoxy) is 1. The van der Waals surface area contributed by atoms with Crippen LogP contribution >= 0.6 is 0 Å². The lowest BCUT2D eigenvalue weighted by Crippen LogP contribution is -2.30. The maximum Gasteiger partial charge on any atom is 0.165 e. The second-order valence-corrected chi connectivity index (χ2v) is 4.27. The zero-order chi connectivity index (χ0) is 12.1. The molecule has 1 unspecified atom stereocenters. The van der Waals surface area contributed by atoms with Gasteiger partial charge in [-0.05, 0) is 37.6 Å². The summed E-state index contributed by atoms with van der Waals surface area (Å²) in [4.78, 5) is 0. The van der Waals surface area contributed by atoms with Crippen LogP contribution in [0.3, 0.4) is 0 Å². The van der Waals surface area contributed by atoms with Crippen molar-refractivity contribution in [2.45, 2.75) is 25.9 Å². The molecule has 94 valence electrons. The van der Waals surface area contributed by atoms with Crippen LogP contribution in [0.15, 0.2) is 18.2 Å². The Morgan fingerprint density at radius 2 is 2.41 bits per heavy atom. The number of hydrogen-bond donors (Lipinski definition) is 2. The van der Waals surface area contributed by atoms with Crippen LogP contribution in [0, 0.1) is 5.82 Å². The summed E-state index contributed by atoms with van der Waals surface area (Å²) in [5.41, 5.74) is 0.956. The van der Waals surface area contributed by atoms with Crippen molar-refractivity contribution in [3.05, 3.63) is 29.6 Å². The fourth-order valence-corrected chi connectivity index (χ4v) is 2.02. The van der Waals surface area contributed by atoms with E-state index >= 15 is 0 Å². The first-order chi connectivity index (χ1) is 8.29. The summed E-state index contributed by atoms with van der Waals surface area (Å²) in [5, 5.41) is 6.70. The Morgan fingerprint density at radius 1 is 1.53 bits per heavy atom. The van der Waals surface area contributed by atoms with E-state index in [0.29, 0.717) is 24.9 Å². The summed E-state index contributed by atoms with van der Waals surface area (Å²) in [6, 6.07) is 5.65. The molecule has 3 nitrogen and oxygen atoms in total. The van der Waals surface area contributed by atoms with Gasteiger partial charge in [-0.15, -0.1) is 0 Å². The third kappa shape index (κ3) is 3.41. The molecule has 0 bridgehead atoms. The molecule has 1 heterocycles. The SMILES string of the molecule is CCOc1ccc(CNC2CCNC2)cc1F. The van der Waals surface area contributed by atoms with Gasteiger partial charge in [0.05, 0.1) is 6.61 Å². The zero-order valence-corrected chi connectivity index (χ0v) is 10.1. The van der Waals surface area contributed by atoms with Gasteiger partial charge in [-0.1, -0.05) is 6.07 Å². The van der Waals surface area contributed by atoms with Crippen LogP contribution < -0.4 is 15.4 Å². The van der Waals surface area contributed by atoms with E-state index < -0.39 is 0 Å². The minimum absolute atomic E-state index is 0.282. The van der Waals surface area contributed by atoms with Crippen molar-refractivity contribution in [3.63, 3.8) is 0 Å². The molecular weight excluding hydrogens is 219 g/mol. The highest BCUT2D eigenvalue weighted by atomic mass is 19.1. The summed E-state index contributed by atoms with van der Waals surface area (Å²) in [6.07, 6.45) is 1.14. The molecule has 2 N–H and O–H groups in total. The molecule has 0 aliphatic carbocycles. The lowest BCUT2D eigenvalue weighted by Gasteiger charge is -2.12. The van der Waals surface area contributed by atoms with Gasteiger partial charge in [0, 0.05) is 19.1 Å². The lowest BCUT2D eigenvalue weighted by atomic mass is 10.2. The molecule has 0 radical (unpaired) electrons. The van der Waals surface area contributed by atoms with E-state index in [2.05, 4.69) is 10.6 Å². The summed E-state index contributed by atoms with van der Waals surface area (Å²) >= 11 is 0. The number of benzene rings is 1. The molecule has 1 fully saturated rings. The molecule has 1 aliphatic heterocycles. The molecule has 17 heavy (non-hydrogen) atoms. The highest BCUT2D eigenvalue weighted by Crippen LogP contribution is 2.18. The largest absolute Gasteiger partial charge is 0.491 e. The van der Waals surface area contributed by atoms with Crippen LogP contribution in [0.25, 0.3) is 0 Å². The average Bonchev–Trinajstić information content (AvgIpc) is 2.83. The van der Waals surface area contributed by atoms with E-state index in [1.807, 2.05) is 13.0 Å². The molecule has 1 aromatic carbocycles. The topological polar surface area (TPSA) is 33.3 Å². The lowest BCUT2D eigenvalue weighted by molar-refractivity contribution is 0.321. The normalized spacial score (nSPS) is 19.5. The van der Waals surface area contributed by atoms with Crippen molar-refractivity contribution in [2.24, 2.45) is 0 Å². The minimum Gasteiger partial charge on any atom is -0.491 e. The molecule has 0 saturated carbocycles. The predicted molar refractivity (Wildman–Crippen MR) is 65.7 cm³/mol. The molecule has 0 aromatic heterocycles. The standard InChI is InChI=1S/C13H19FN2O/c1-2-17-13-4-3-10(7-12(13)14)8-16-11-5-6-15-9-11/h3-4,7,11,15-16H,2,5-6,8-9H2,1H3. The van der Waals surface area contributed by atoms with Gasteiger partial charge >= 0.3 is 0 Å². The summed E-state index contributed by atoms with van der Waals surface area (Å²) in [5.74, 6) is 0.0504. The van der Waals surface area contributed by atoms with Crippen LogP contribution in [-0.4, -0.2) is 25.7 Å². The van der Waals surface area contributed by atoms with Crippen LogP contribution in [0.5, 0.6) is 5.75 Å². The van der Waals surface area contributed by atoms with E-state index in [-0.39, 0.29) is 5.82 Å². The Balaban J connectivity index is 1.90. The van der Waals surface area contributed by atoms with E-state index in [9.17, 15) is 4.39 Å². The van der Waals surface area contributed by atoms with Crippen molar-refractivity contribution in [1.82, 2.24) is 10.6 Å². The summed E-state index contributed by atoms with van der Waals surface area (Å²) in [7, 11) is 0. The van der Waals surface area contributed by atoms with E-state index in [1.54, 1.807) is 12.1 Å². The summed E-state index contributed by atoms with van der Waals surface area (Å²) in [6.45, 7) is 5.11. The number of rotatable bonds is 5. The smallest absolute Gasteiger partial charge is 0.165 e. The number of halogens is 1. The average molecular weight is 238 g/mol. The van der Waals surface area contributed by atoms with Gasteiger partial charge in [0.15, 0.2) is 11.6 Å². The van der Waals surface area contributed by atoms with Crippen LogP contribution in [-0.2, 0) is 6.54 Å². The van der Waals surface area contributed by atoms with Crippen LogP contribution in [0.2, 0.25) is 0 Å². The van der Waals surface area contributed by atoms with Crippen molar-refractivity contribution in [3.8, 4) is 5.75 Å². The van der Waals surface area contributed by atoms with E-state index in [1.165, 1.54) is 0 Å². The second-order valence-electron chi connectivity index (χ2n) is 4.27. The Morgan fingerprint density at radius 3 is 3.06 bits per heavy atom. The molecule has 1 aliphatic rings. The maximum absolute atomic E-state index is 13.6. The second kappa shape index (κ2) is 5.98. The quantitative estimate of drug-likeness (QED) is 0.818. The van der Waals surface area contributed by atoms with Gasteiger partial charge in [-0.25, -0.2) is 4.39 Å². The third-order valence-corrected chi connectivity index (χ3v) is 2.95. The third-order valence-electron chi connectivity index (χ3n) is 2.95. The minimum atomic E-state index is -0.282. The predicted octanol–water partition coefficient (Wildman–Crippen LogP) is 1.68. The highest BCUT2D eigenvalue weighted by Gasteiger charge is 2.13. The Bertz CT molecular complexity index is 364. The fourth-order valence-electron chi connectivity index (χ4n) is 2.02. The zero-order valence-electron chi connectivity index (χ0n) is 10.1. The van der Waals surface area contributed by atoms with Gasteiger partial charge in [-0.2, -0.15) is 0 Å². The fraction of sp³-hybridized carbons (Fsp3) is 0.538. The van der Waals surface area contributed by atoms with Crippen molar-refractivity contribution in [1.29, 1.82) is 0 Å². The van der Waals surface area contributed by atoms with Crippen molar-refractivity contribution >= 4 is 0 Å². The Kier molecular flexibility index (Phi) is 4.34. The van der Waals surface area contributed by atoms with E-state index in [0.717, 1.165) is 25.1 Å². The van der Waals surface area contributed by atoms with Gasteiger partial charge in [0.25, 0.3) is 0 Å². The maximum atomic E-state index is 13.6. The number of hydrogen-bond acceptors (Lipinski definition) is 3. The number of nitrogens with one attached hydrogen (secondary N) is 2. The molecule has 4 heteroatoms. The first-order valence-electron chi connectivity index (χ1n) is 6.15. The molecule has 0 amide bonds. The Labute approximate surface area is 101 Å². The van der Waals surface area contributed by atoms with Gasteiger partial charge in [-0.3, -0.25) is 0 Å².